The fourth-order valence-electron chi connectivity index (χ4n) is 2.45. The second-order valence-electron chi connectivity index (χ2n) is 4.82. The van der Waals surface area contributed by atoms with Crippen molar-refractivity contribution in [2.45, 2.75) is 17.7 Å². The van der Waals surface area contributed by atoms with E-state index in [1.807, 2.05) is 23.3 Å². The second-order valence-corrected chi connectivity index (χ2v) is 5.67. The minimum atomic E-state index is -0.0329. The molecule has 1 fully saturated rings. The van der Waals surface area contributed by atoms with Gasteiger partial charge in [0.25, 0.3) is 0 Å². The summed E-state index contributed by atoms with van der Waals surface area (Å²) in [5.74, 6) is 1.45. The average molecular weight is 294 g/mol. The Balaban J connectivity index is 1.82. The van der Waals surface area contributed by atoms with Crippen LogP contribution in [-0.4, -0.2) is 43.5 Å². The molecule has 5 nitrogen and oxygen atoms in total. The van der Waals surface area contributed by atoms with Crippen LogP contribution in [0, 0.1) is 0 Å². The first-order chi connectivity index (χ1) is 9.78. The van der Waals surface area contributed by atoms with Gasteiger partial charge in [-0.05, 0) is 25.2 Å². The first-order valence-electron chi connectivity index (χ1n) is 6.81. The fraction of sp³-hybridized carbons (Fsp3) is 0.500. The Kier molecular flexibility index (Phi) is 3.91. The van der Waals surface area contributed by atoms with E-state index in [1.165, 1.54) is 0 Å². The monoisotopic (exact) mass is 294 g/mol. The number of likely N-dealkylation sites (tertiary alicyclic amines) is 1. The van der Waals surface area contributed by atoms with Crippen LogP contribution in [0.2, 0.25) is 0 Å². The number of thioether (sulfide) groups is 1. The second kappa shape index (κ2) is 5.83. The van der Waals surface area contributed by atoms with Crippen LogP contribution < -0.4 is 14.8 Å². The summed E-state index contributed by atoms with van der Waals surface area (Å²) in [5.41, 5.74) is 0.790. The SMILES string of the molecule is CSc1cc2c(cc1NC(=O)N1CCCC1)OCCO2. The van der Waals surface area contributed by atoms with E-state index >= 15 is 0 Å². The molecule has 108 valence electrons. The summed E-state index contributed by atoms with van der Waals surface area (Å²) in [6.45, 7) is 2.79. The normalized spacial score (nSPS) is 17.1. The molecule has 2 aliphatic heterocycles. The van der Waals surface area contributed by atoms with E-state index in [4.69, 9.17) is 9.47 Å². The molecule has 1 aromatic rings. The van der Waals surface area contributed by atoms with E-state index in [-0.39, 0.29) is 6.03 Å². The highest BCUT2D eigenvalue weighted by Gasteiger charge is 2.21. The van der Waals surface area contributed by atoms with Crippen molar-refractivity contribution in [1.29, 1.82) is 0 Å². The van der Waals surface area contributed by atoms with Gasteiger partial charge in [-0.15, -0.1) is 11.8 Å². The Bertz CT molecular complexity index is 515. The summed E-state index contributed by atoms with van der Waals surface area (Å²) >= 11 is 1.58. The number of hydrogen-bond acceptors (Lipinski definition) is 4. The van der Waals surface area contributed by atoms with Crippen LogP contribution >= 0.6 is 11.8 Å². The van der Waals surface area contributed by atoms with Gasteiger partial charge in [0.15, 0.2) is 11.5 Å². The highest BCUT2D eigenvalue weighted by molar-refractivity contribution is 7.98. The van der Waals surface area contributed by atoms with Crippen molar-refractivity contribution >= 4 is 23.5 Å². The number of carbonyl (C=O) groups excluding carboxylic acids is 1. The van der Waals surface area contributed by atoms with Gasteiger partial charge in [-0.25, -0.2) is 4.79 Å². The zero-order valence-corrected chi connectivity index (χ0v) is 12.3. The highest BCUT2D eigenvalue weighted by Crippen LogP contribution is 2.39. The molecule has 1 saturated heterocycles. The number of nitrogens with one attached hydrogen (secondary N) is 1. The third kappa shape index (κ3) is 2.65. The third-order valence-corrected chi connectivity index (χ3v) is 4.28. The zero-order chi connectivity index (χ0) is 13.9. The molecule has 20 heavy (non-hydrogen) atoms. The smallest absolute Gasteiger partial charge is 0.321 e. The lowest BCUT2D eigenvalue weighted by atomic mass is 10.2. The number of fused-ring (bicyclic) bond motifs is 1. The number of rotatable bonds is 2. The van der Waals surface area contributed by atoms with Crippen molar-refractivity contribution in [3.05, 3.63) is 12.1 Å². The molecule has 1 N–H and O–H groups in total. The van der Waals surface area contributed by atoms with Crippen LogP contribution in [0.4, 0.5) is 10.5 Å². The van der Waals surface area contributed by atoms with Gasteiger partial charge in [0.2, 0.25) is 0 Å². The quantitative estimate of drug-likeness (QED) is 0.852. The number of carbonyl (C=O) groups is 1. The molecule has 0 radical (unpaired) electrons. The molecule has 0 bridgehead atoms. The number of benzene rings is 1. The number of amides is 2. The van der Waals surface area contributed by atoms with Crippen LogP contribution in [0.25, 0.3) is 0 Å². The van der Waals surface area contributed by atoms with Crippen molar-refractivity contribution in [3.8, 4) is 11.5 Å². The first kappa shape index (κ1) is 13.4. The van der Waals surface area contributed by atoms with E-state index in [0.29, 0.717) is 19.0 Å². The maximum atomic E-state index is 12.2. The number of urea groups is 1. The van der Waals surface area contributed by atoms with Crippen LogP contribution in [0.5, 0.6) is 11.5 Å². The molecular formula is C14H18N2O3S. The van der Waals surface area contributed by atoms with Crippen LogP contribution in [0.15, 0.2) is 17.0 Å². The molecule has 2 amide bonds. The lowest BCUT2D eigenvalue weighted by molar-refractivity contribution is 0.171. The molecular weight excluding hydrogens is 276 g/mol. The summed E-state index contributed by atoms with van der Waals surface area (Å²) in [4.78, 5) is 15.0. The van der Waals surface area contributed by atoms with Gasteiger partial charge in [0, 0.05) is 24.1 Å². The topological polar surface area (TPSA) is 50.8 Å². The van der Waals surface area contributed by atoms with Gasteiger partial charge < -0.3 is 19.7 Å². The van der Waals surface area contributed by atoms with Crippen molar-refractivity contribution < 1.29 is 14.3 Å². The Morgan fingerprint density at radius 2 is 1.85 bits per heavy atom. The van der Waals surface area contributed by atoms with Crippen molar-refractivity contribution in [3.63, 3.8) is 0 Å². The van der Waals surface area contributed by atoms with Gasteiger partial charge in [0.1, 0.15) is 13.2 Å². The number of ether oxygens (including phenoxy) is 2. The maximum absolute atomic E-state index is 12.2. The van der Waals surface area contributed by atoms with Gasteiger partial charge in [-0.1, -0.05) is 0 Å². The van der Waals surface area contributed by atoms with Crippen molar-refractivity contribution in [1.82, 2.24) is 4.90 Å². The Hall–Kier alpha value is -1.56. The Morgan fingerprint density at radius 3 is 2.50 bits per heavy atom. The van der Waals surface area contributed by atoms with Gasteiger partial charge in [0.05, 0.1) is 5.69 Å². The van der Waals surface area contributed by atoms with E-state index < -0.39 is 0 Å². The molecule has 1 aromatic carbocycles. The molecule has 6 heteroatoms. The third-order valence-electron chi connectivity index (χ3n) is 3.50. The fourth-order valence-corrected chi connectivity index (χ4v) is 3.01. The Labute approximate surface area is 122 Å². The van der Waals surface area contributed by atoms with Crippen molar-refractivity contribution in [2.24, 2.45) is 0 Å². The largest absolute Gasteiger partial charge is 0.486 e. The molecule has 0 atom stereocenters. The number of hydrogen-bond donors (Lipinski definition) is 1. The van der Waals surface area contributed by atoms with Crippen LogP contribution in [0.1, 0.15) is 12.8 Å². The zero-order valence-electron chi connectivity index (χ0n) is 11.5. The summed E-state index contributed by atoms with van der Waals surface area (Å²) in [7, 11) is 0. The molecule has 0 aliphatic carbocycles. The summed E-state index contributed by atoms with van der Waals surface area (Å²) in [6.07, 6.45) is 4.16. The molecule has 0 saturated carbocycles. The lowest BCUT2D eigenvalue weighted by Gasteiger charge is -2.22. The molecule has 2 aliphatic rings. The lowest BCUT2D eigenvalue weighted by Crippen LogP contribution is -2.32. The first-order valence-corrected chi connectivity index (χ1v) is 8.04. The van der Waals surface area contributed by atoms with E-state index in [0.717, 1.165) is 42.3 Å². The van der Waals surface area contributed by atoms with E-state index in [2.05, 4.69) is 5.32 Å². The predicted octanol–water partition coefficient (Wildman–Crippen LogP) is 2.81. The molecule has 2 heterocycles. The minimum Gasteiger partial charge on any atom is -0.486 e. The van der Waals surface area contributed by atoms with Crippen LogP contribution in [-0.2, 0) is 0 Å². The number of anilines is 1. The highest BCUT2D eigenvalue weighted by atomic mass is 32.2. The summed E-state index contributed by atoms with van der Waals surface area (Å²) in [5, 5.41) is 2.98. The van der Waals surface area contributed by atoms with E-state index in [1.54, 1.807) is 11.8 Å². The average Bonchev–Trinajstić information content (AvgIpc) is 3.01. The molecule has 0 aromatic heterocycles. The molecule has 0 unspecified atom stereocenters. The van der Waals surface area contributed by atoms with E-state index in [9.17, 15) is 4.79 Å². The van der Waals surface area contributed by atoms with Crippen LogP contribution in [0.3, 0.4) is 0 Å². The van der Waals surface area contributed by atoms with Gasteiger partial charge >= 0.3 is 6.03 Å². The minimum absolute atomic E-state index is 0.0329. The number of nitrogens with zero attached hydrogens (tertiary/aromatic N) is 1. The predicted molar refractivity (Wildman–Crippen MR) is 79.0 cm³/mol. The maximum Gasteiger partial charge on any atom is 0.321 e. The van der Waals surface area contributed by atoms with Gasteiger partial charge in [-0.2, -0.15) is 0 Å². The van der Waals surface area contributed by atoms with Gasteiger partial charge in [-0.3, -0.25) is 0 Å². The molecule has 0 spiro atoms. The standard InChI is InChI=1S/C14H18N2O3S/c1-20-13-9-12-11(18-6-7-19-12)8-10(13)15-14(17)16-4-2-3-5-16/h8-9H,2-7H2,1H3,(H,15,17). The summed E-state index contributed by atoms with van der Waals surface area (Å²) < 4.78 is 11.1. The van der Waals surface area contributed by atoms with Crippen molar-refractivity contribution in [2.75, 3.05) is 37.9 Å². The Morgan fingerprint density at radius 1 is 1.20 bits per heavy atom. The molecule has 3 rings (SSSR count). The summed E-state index contributed by atoms with van der Waals surface area (Å²) in [6, 6.07) is 3.75.